The highest BCUT2D eigenvalue weighted by Crippen LogP contribution is 2.39. The quantitative estimate of drug-likeness (QED) is 0.515. The van der Waals surface area contributed by atoms with Gasteiger partial charge in [0.1, 0.15) is 30.5 Å². The van der Waals surface area contributed by atoms with Gasteiger partial charge in [-0.05, 0) is 47.1 Å². The standard InChI is InChI=1S/C23H26O5S/c1-2-13-6-8-14(9-7-13)10-15-4-3-5-18-16(15)11-19(29-18)23-22(27)21(26)20(25)17(12-24)28-23/h3-9,11,17,20-27H,2,10,12H2,1H3/t17-,20-,21+,22-,23+/m1/s1. The third-order valence-electron chi connectivity index (χ3n) is 5.67. The fourth-order valence-corrected chi connectivity index (χ4v) is 5.07. The highest BCUT2D eigenvalue weighted by Gasteiger charge is 2.44. The van der Waals surface area contributed by atoms with E-state index in [9.17, 15) is 20.4 Å². The third kappa shape index (κ3) is 3.97. The Hall–Kier alpha value is -1.80. The molecular formula is C23H26O5S. The van der Waals surface area contributed by atoms with Gasteiger partial charge in [0.05, 0.1) is 6.61 Å². The minimum atomic E-state index is -1.37. The minimum absolute atomic E-state index is 0.425. The molecule has 2 heterocycles. The Balaban J connectivity index is 1.65. The zero-order valence-electron chi connectivity index (χ0n) is 16.2. The van der Waals surface area contributed by atoms with Crippen LogP contribution in [0.5, 0.6) is 0 Å². The second-order valence-corrected chi connectivity index (χ2v) is 8.69. The number of thiophene rings is 1. The van der Waals surface area contributed by atoms with Crippen molar-refractivity contribution >= 4 is 21.4 Å². The molecule has 3 aromatic rings. The highest BCUT2D eigenvalue weighted by molar-refractivity contribution is 7.19. The zero-order valence-corrected chi connectivity index (χ0v) is 17.0. The van der Waals surface area contributed by atoms with Gasteiger partial charge < -0.3 is 25.2 Å². The molecule has 1 saturated heterocycles. The number of hydrogen-bond acceptors (Lipinski definition) is 6. The van der Waals surface area contributed by atoms with Crippen LogP contribution in [0.2, 0.25) is 0 Å². The van der Waals surface area contributed by atoms with E-state index in [1.54, 1.807) is 0 Å². The van der Waals surface area contributed by atoms with Gasteiger partial charge in [0.2, 0.25) is 0 Å². The smallest absolute Gasteiger partial charge is 0.121 e. The summed E-state index contributed by atoms with van der Waals surface area (Å²) < 4.78 is 6.80. The van der Waals surface area contributed by atoms with Crippen molar-refractivity contribution in [2.24, 2.45) is 0 Å². The van der Waals surface area contributed by atoms with Crippen molar-refractivity contribution in [1.29, 1.82) is 0 Å². The van der Waals surface area contributed by atoms with Gasteiger partial charge in [0, 0.05) is 9.58 Å². The lowest BCUT2D eigenvalue weighted by atomic mass is 9.94. The van der Waals surface area contributed by atoms with Crippen molar-refractivity contribution in [2.45, 2.75) is 50.3 Å². The molecule has 0 amide bonds. The number of rotatable bonds is 5. The highest BCUT2D eigenvalue weighted by atomic mass is 32.1. The van der Waals surface area contributed by atoms with Gasteiger partial charge in [-0.25, -0.2) is 0 Å². The number of hydrogen-bond donors (Lipinski definition) is 4. The van der Waals surface area contributed by atoms with E-state index in [1.165, 1.54) is 28.0 Å². The molecule has 2 aromatic carbocycles. The lowest BCUT2D eigenvalue weighted by molar-refractivity contribution is -0.230. The maximum absolute atomic E-state index is 10.4. The monoisotopic (exact) mass is 414 g/mol. The summed E-state index contributed by atoms with van der Waals surface area (Å²) in [5, 5.41) is 41.1. The van der Waals surface area contributed by atoms with Crippen LogP contribution in [0.4, 0.5) is 0 Å². The molecule has 0 unspecified atom stereocenters. The van der Waals surface area contributed by atoms with E-state index in [4.69, 9.17) is 4.74 Å². The van der Waals surface area contributed by atoms with Crippen molar-refractivity contribution in [3.05, 3.63) is 70.1 Å². The second-order valence-electron chi connectivity index (χ2n) is 7.57. The summed E-state index contributed by atoms with van der Waals surface area (Å²) in [5.41, 5.74) is 3.72. The van der Waals surface area contributed by atoms with Crippen LogP contribution in [0.1, 0.15) is 34.6 Å². The molecule has 1 aliphatic heterocycles. The van der Waals surface area contributed by atoms with Crippen LogP contribution in [-0.2, 0) is 17.6 Å². The van der Waals surface area contributed by atoms with E-state index in [2.05, 4.69) is 37.3 Å². The van der Waals surface area contributed by atoms with Gasteiger partial charge in [-0.1, -0.05) is 43.3 Å². The average Bonchev–Trinajstić information content (AvgIpc) is 3.18. The Kier molecular flexibility index (Phi) is 6.01. The number of benzene rings is 2. The Morgan fingerprint density at radius 2 is 1.66 bits per heavy atom. The molecule has 29 heavy (non-hydrogen) atoms. The van der Waals surface area contributed by atoms with Crippen LogP contribution in [0, 0.1) is 0 Å². The Morgan fingerprint density at radius 1 is 0.931 bits per heavy atom. The Labute approximate surface area is 173 Å². The first-order valence-electron chi connectivity index (χ1n) is 9.91. The summed E-state index contributed by atoms with van der Waals surface area (Å²) in [6.07, 6.45) is -3.85. The van der Waals surface area contributed by atoms with Crippen LogP contribution < -0.4 is 0 Å². The average molecular weight is 415 g/mol. The first kappa shape index (κ1) is 20.5. The molecule has 1 aliphatic rings. The SMILES string of the molecule is CCc1ccc(Cc2cccc3sc([C@@H]4O[C@H](CO)[C@@H](O)[C@H](O)[C@H]4O)cc23)cc1. The fourth-order valence-electron chi connectivity index (χ4n) is 3.88. The maximum Gasteiger partial charge on any atom is 0.121 e. The molecule has 0 radical (unpaired) electrons. The summed E-state index contributed by atoms with van der Waals surface area (Å²) in [4.78, 5) is 0.769. The number of aliphatic hydroxyl groups is 4. The molecule has 4 N–H and O–H groups in total. The van der Waals surface area contributed by atoms with Crippen molar-refractivity contribution in [2.75, 3.05) is 6.61 Å². The van der Waals surface area contributed by atoms with Crippen LogP contribution in [-0.4, -0.2) is 51.4 Å². The lowest BCUT2D eigenvalue weighted by Gasteiger charge is -2.39. The van der Waals surface area contributed by atoms with Crippen LogP contribution in [0.15, 0.2) is 48.5 Å². The lowest BCUT2D eigenvalue weighted by Crippen LogP contribution is -2.55. The number of fused-ring (bicyclic) bond motifs is 1. The van der Waals surface area contributed by atoms with Gasteiger partial charge in [-0.3, -0.25) is 0 Å². The molecule has 4 rings (SSSR count). The molecule has 154 valence electrons. The van der Waals surface area contributed by atoms with E-state index >= 15 is 0 Å². The van der Waals surface area contributed by atoms with Crippen LogP contribution >= 0.6 is 11.3 Å². The van der Waals surface area contributed by atoms with Crippen molar-refractivity contribution in [3.63, 3.8) is 0 Å². The van der Waals surface area contributed by atoms with Gasteiger partial charge in [-0.15, -0.1) is 11.3 Å². The van der Waals surface area contributed by atoms with Gasteiger partial charge in [0.15, 0.2) is 0 Å². The molecule has 0 aliphatic carbocycles. The molecule has 0 saturated carbocycles. The van der Waals surface area contributed by atoms with Gasteiger partial charge in [0.25, 0.3) is 0 Å². The van der Waals surface area contributed by atoms with E-state index in [1.807, 2.05) is 18.2 Å². The third-order valence-corrected chi connectivity index (χ3v) is 6.83. The van der Waals surface area contributed by atoms with Crippen molar-refractivity contribution < 1.29 is 25.2 Å². The summed E-state index contributed by atoms with van der Waals surface area (Å²) in [6.45, 7) is 1.72. The summed E-state index contributed by atoms with van der Waals surface area (Å²) in [7, 11) is 0. The van der Waals surface area contributed by atoms with Gasteiger partial charge >= 0.3 is 0 Å². The molecule has 5 nitrogen and oxygen atoms in total. The predicted octanol–water partition coefficient (Wildman–Crippen LogP) is 2.57. The van der Waals surface area contributed by atoms with Crippen LogP contribution in [0.3, 0.4) is 0 Å². The fraction of sp³-hybridized carbons (Fsp3) is 0.391. The summed E-state index contributed by atoms with van der Waals surface area (Å²) in [6, 6.07) is 16.8. The predicted molar refractivity (Wildman–Crippen MR) is 113 cm³/mol. The Morgan fingerprint density at radius 3 is 2.34 bits per heavy atom. The van der Waals surface area contributed by atoms with Crippen molar-refractivity contribution in [3.8, 4) is 0 Å². The molecule has 5 atom stereocenters. The molecular weight excluding hydrogens is 388 g/mol. The number of aliphatic hydroxyl groups excluding tert-OH is 4. The second kappa shape index (κ2) is 8.52. The van der Waals surface area contributed by atoms with E-state index < -0.39 is 37.1 Å². The maximum atomic E-state index is 10.4. The number of ether oxygens (including phenoxy) is 1. The van der Waals surface area contributed by atoms with E-state index in [-0.39, 0.29) is 0 Å². The number of aryl methyl sites for hydroxylation is 1. The molecule has 1 aromatic heterocycles. The first-order valence-corrected chi connectivity index (χ1v) is 10.7. The summed E-state index contributed by atoms with van der Waals surface area (Å²) in [5.74, 6) is 0. The van der Waals surface area contributed by atoms with E-state index in [0.29, 0.717) is 0 Å². The molecule has 0 spiro atoms. The zero-order chi connectivity index (χ0) is 20.5. The Bertz CT molecular complexity index is 965. The summed E-state index contributed by atoms with van der Waals surface area (Å²) >= 11 is 1.49. The largest absolute Gasteiger partial charge is 0.394 e. The molecule has 6 heteroatoms. The minimum Gasteiger partial charge on any atom is -0.394 e. The van der Waals surface area contributed by atoms with Crippen LogP contribution in [0.25, 0.3) is 10.1 Å². The van der Waals surface area contributed by atoms with E-state index in [0.717, 1.165) is 27.8 Å². The molecule has 0 bridgehead atoms. The topological polar surface area (TPSA) is 90.2 Å². The first-order chi connectivity index (χ1) is 14.0. The normalized spacial score (nSPS) is 27.4. The van der Waals surface area contributed by atoms with Gasteiger partial charge in [-0.2, -0.15) is 0 Å². The molecule has 1 fully saturated rings. The van der Waals surface area contributed by atoms with Crippen molar-refractivity contribution in [1.82, 2.24) is 0 Å².